The van der Waals surface area contributed by atoms with Crippen LogP contribution >= 0.6 is 11.3 Å². The third-order valence-corrected chi connectivity index (χ3v) is 5.18. The molecule has 0 aliphatic carbocycles. The van der Waals surface area contributed by atoms with Gasteiger partial charge in [-0.25, -0.2) is 4.98 Å². The topological polar surface area (TPSA) is 68.0 Å². The van der Waals surface area contributed by atoms with Crippen LogP contribution in [-0.4, -0.2) is 23.0 Å². The molecule has 5 heteroatoms. The molecule has 0 aliphatic rings. The summed E-state index contributed by atoms with van der Waals surface area (Å²) in [5.41, 5.74) is 9.00. The van der Waals surface area contributed by atoms with Crippen LogP contribution in [0.1, 0.15) is 37.9 Å². The van der Waals surface area contributed by atoms with Crippen LogP contribution in [-0.2, 0) is 11.2 Å². The van der Waals surface area contributed by atoms with Crippen molar-refractivity contribution in [3.05, 3.63) is 40.9 Å². The van der Waals surface area contributed by atoms with E-state index in [-0.39, 0.29) is 11.4 Å². The third kappa shape index (κ3) is 4.88. The number of aryl methyl sites for hydroxylation is 1. The van der Waals surface area contributed by atoms with E-state index < -0.39 is 0 Å². The summed E-state index contributed by atoms with van der Waals surface area (Å²) in [6.45, 7) is 6.66. The van der Waals surface area contributed by atoms with Gasteiger partial charge < -0.3 is 11.1 Å². The van der Waals surface area contributed by atoms with Crippen molar-refractivity contribution in [1.82, 2.24) is 10.3 Å². The van der Waals surface area contributed by atoms with Crippen molar-refractivity contribution in [3.8, 4) is 10.6 Å². The number of carbonyl (C=O) groups is 1. The number of carbonyl (C=O) groups excluding carboxylic acids is 1. The lowest BCUT2D eigenvalue weighted by Crippen LogP contribution is -2.49. The van der Waals surface area contributed by atoms with E-state index in [1.807, 2.05) is 19.2 Å². The molecular formula is C18H25N3OS. The number of hydrogen-bond donors (Lipinski definition) is 2. The van der Waals surface area contributed by atoms with Gasteiger partial charge in [0.2, 0.25) is 5.91 Å². The van der Waals surface area contributed by atoms with Crippen LogP contribution in [0.4, 0.5) is 0 Å². The molecule has 0 radical (unpaired) electrons. The molecule has 0 bridgehead atoms. The fourth-order valence-corrected chi connectivity index (χ4v) is 3.04. The number of nitrogens with zero attached hydrogens (tertiary/aromatic N) is 1. The van der Waals surface area contributed by atoms with E-state index in [9.17, 15) is 4.79 Å². The highest BCUT2D eigenvalue weighted by Crippen LogP contribution is 2.24. The van der Waals surface area contributed by atoms with E-state index in [2.05, 4.69) is 41.5 Å². The minimum atomic E-state index is -0.315. The van der Waals surface area contributed by atoms with Gasteiger partial charge in [0.1, 0.15) is 5.01 Å². The number of nitrogens with one attached hydrogen (secondary N) is 1. The predicted molar refractivity (Wildman–Crippen MR) is 96.5 cm³/mol. The smallest absolute Gasteiger partial charge is 0.226 e. The lowest BCUT2D eigenvalue weighted by atomic mass is 9.94. The zero-order valence-electron chi connectivity index (χ0n) is 14.1. The monoisotopic (exact) mass is 331 g/mol. The van der Waals surface area contributed by atoms with Crippen LogP contribution in [0.25, 0.3) is 10.6 Å². The summed E-state index contributed by atoms with van der Waals surface area (Å²) < 4.78 is 0. The van der Waals surface area contributed by atoms with Crippen LogP contribution < -0.4 is 11.1 Å². The summed E-state index contributed by atoms with van der Waals surface area (Å²) in [6.07, 6.45) is 1.99. The molecule has 1 aromatic carbocycles. The van der Waals surface area contributed by atoms with Gasteiger partial charge in [0.05, 0.1) is 12.1 Å². The SMILES string of the molecule is CCC(N)(CC)CNC(=O)Cc1csc(-c2ccc(C)cc2)n1. The van der Waals surface area contributed by atoms with Crippen LogP contribution in [0.2, 0.25) is 0 Å². The van der Waals surface area contributed by atoms with Crippen LogP contribution in [0.3, 0.4) is 0 Å². The molecule has 4 nitrogen and oxygen atoms in total. The van der Waals surface area contributed by atoms with Crippen molar-refractivity contribution in [3.63, 3.8) is 0 Å². The fourth-order valence-electron chi connectivity index (χ4n) is 2.22. The normalized spacial score (nSPS) is 11.5. The van der Waals surface area contributed by atoms with Gasteiger partial charge in [-0.15, -0.1) is 11.3 Å². The second-order valence-electron chi connectivity index (χ2n) is 6.03. The van der Waals surface area contributed by atoms with Crippen molar-refractivity contribution < 1.29 is 4.79 Å². The summed E-state index contributed by atoms with van der Waals surface area (Å²) in [6, 6.07) is 8.26. The maximum absolute atomic E-state index is 12.1. The molecule has 2 aromatic rings. The molecule has 0 spiro atoms. The van der Waals surface area contributed by atoms with Gasteiger partial charge in [-0.1, -0.05) is 43.7 Å². The van der Waals surface area contributed by atoms with Gasteiger partial charge in [-0.05, 0) is 19.8 Å². The highest BCUT2D eigenvalue weighted by Gasteiger charge is 2.21. The Labute approximate surface area is 142 Å². The van der Waals surface area contributed by atoms with Gasteiger partial charge in [-0.3, -0.25) is 4.79 Å². The molecule has 0 saturated carbocycles. The molecule has 0 unspecified atom stereocenters. The summed E-state index contributed by atoms with van der Waals surface area (Å²) >= 11 is 1.57. The number of hydrogen-bond acceptors (Lipinski definition) is 4. The molecule has 2 rings (SSSR count). The Morgan fingerprint density at radius 1 is 1.26 bits per heavy atom. The molecule has 1 aromatic heterocycles. The van der Waals surface area contributed by atoms with E-state index >= 15 is 0 Å². The molecule has 1 amide bonds. The molecule has 0 fully saturated rings. The van der Waals surface area contributed by atoms with E-state index in [1.165, 1.54) is 5.56 Å². The van der Waals surface area contributed by atoms with Crippen LogP contribution in [0, 0.1) is 6.92 Å². The highest BCUT2D eigenvalue weighted by molar-refractivity contribution is 7.13. The Balaban J connectivity index is 1.94. The quantitative estimate of drug-likeness (QED) is 0.818. The van der Waals surface area contributed by atoms with Crippen molar-refractivity contribution in [2.75, 3.05) is 6.54 Å². The first-order chi connectivity index (χ1) is 11.0. The van der Waals surface area contributed by atoms with E-state index in [4.69, 9.17) is 5.73 Å². The standard InChI is InChI=1S/C18H25N3OS/c1-4-18(19,5-2)12-20-16(22)10-15-11-23-17(21-15)14-8-6-13(3)7-9-14/h6-9,11H,4-5,10,12,19H2,1-3H3,(H,20,22). The average Bonchev–Trinajstić information content (AvgIpc) is 3.01. The minimum absolute atomic E-state index is 0.0255. The average molecular weight is 331 g/mol. The second-order valence-corrected chi connectivity index (χ2v) is 6.89. The zero-order chi connectivity index (χ0) is 16.9. The third-order valence-electron chi connectivity index (χ3n) is 4.24. The van der Waals surface area contributed by atoms with Gasteiger partial charge in [0.15, 0.2) is 0 Å². The molecule has 23 heavy (non-hydrogen) atoms. The lowest BCUT2D eigenvalue weighted by Gasteiger charge is -2.26. The van der Waals surface area contributed by atoms with Gasteiger partial charge in [0.25, 0.3) is 0 Å². The number of thiazole rings is 1. The van der Waals surface area contributed by atoms with Gasteiger partial charge >= 0.3 is 0 Å². The van der Waals surface area contributed by atoms with Crippen LogP contribution in [0.15, 0.2) is 29.6 Å². The van der Waals surface area contributed by atoms with E-state index in [1.54, 1.807) is 11.3 Å². The fraction of sp³-hybridized carbons (Fsp3) is 0.444. The Morgan fingerprint density at radius 3 is 2.52 bits per heavy atom. The molecule has 1 heterocycles. The minimum Gasteiger partial charge on any atom is -0.354 e. The molecule has 0 atom stereocenters. The first-order valence-electron chi connectivity index (χ1n) is 8.03. The van der Waals surface area contributed by atoms with Crippen molar-refractivity contribution >= 4 is 17.2 Å². The number of aromatic nitrogens is 1. The first kappa shape index (κ1) is 17.6. The van der Waals surface area contributed by atoms with Crippen LogP contribution in [0.5, 0.6) is 0 Å². The Hall–Kier alpha value is -1.72. The molecule has 3 N–H and O–H groups in total. The highest BCUT2D eigenvalue weighted by atomic mass is 32.1. The van der Waals surface area contributed by atoms with E-state index in [0.717, 1.165) is 29.1 Å². The van der Waals surface area contributed by atoms with Crippen molar-refractivity contribution in [2.45, 2.75) is 45.6 Å². The number of amides is 1. The van der Waals surface area contributed by atoms with Gasteiger partial charge in [-0.2, -0.15) is 0 Å². The number of rotatable bonds is 7. The summed E-state index contributed by atoms with van der Waals surface area (Å²) in [5, 5.41) is 5.83. The Kier molecular flexibility index (Phi) is 5.91. The zero-order valence-corrected chi connectivity index (χ0v) is 14.9. The van der Waals surface area contributed by atoms with Crippen molar-refractivity contribution in [2.24, 2.45) is 5.73 Å². The summed E-state index contributed by atoms with van der Waals surface area (Å²) in [5.74, 6) is -0.0255. The molecule has 0 aliphatic heterocycles. The van der Waals surface area contributed by atoms with E-state index in [0.29, 0.717) is 13.0 Å². The maximum atomic E-state index is 12.1. The Bertz CT molecular complexity index is 645. The molecule has 124 valence electrons. The second kappa shape index (κ2) is 7.70. The summed E-state index contributed by atoms with van der Waals surface area (Å²) in [4.78, 5) is 16.6. The molecular weight excluding hydrogens is 306 g/mol. The lowest BCUT2D eigenvalue weighted by molar-refractivity contribution is -0.120. The Morgan fingerprint density at radius 2 is 1.91 bits per heavy atom. The predicted octanol–water partition coefficient (Wildman–Crippen LogP) is 3.29. The molecule has 0 saturated heterocycles. The van der Waals surface area contributed by atoms with Gasteiger partial charge in [0, 0.05) is 23.0 Å². The first-order valence-corrected chi connectivity index (χ1v) is 8.91. The summed E-state index contributed by atoms with van der Waals surface area (Å²) in [7, 11) is 0. The van der Waals surface area contributed by atoms with Crippen molar-refractivity contribution in [1.29, 1.82) is 0 Å². The maximum Gasteiger partial charge on any atom is 0.226 e. The number of nitrogens with two attached hydrogens (primary N) is 1. The number of benzene rings is 1. The largest absolute Gasteiger partial charge is 0.354 e.